The topological polar surface area (TPSA) is 69.1 Å². The second-order valence-corrected chi connectivity index (χ2v) is 4.10. The van der Waals surface area contributed by atoms with Crippen LogP contribution in [0.4, 0.5) is 0 Å². The minimum absolute atomic E-state index is 0.195. The predicted octanol–water partition coefficient (Wildman–Crippen LogP) is 1.69. The lowest BCUT2D eigenvalue weighted by Gasteiger charge is -2.11. The normalized spacial score (nSPS) is 12.8. The minimum atomic E-state index is -0.365. The van der Waals surface area contributed by atoms with Gasteiger partial charge in [-0.15, -0.1) is 0 Å². The molecule has 1 amide bonds. The number of carbonyl (C=O) groups excluding carboxylic acids is 1. The Morgan fingerprint density at radius 2 is 1.67 bits per heavy atom. The van der Waals surface area contributed by atoms with Gasteiger partial charge in [0.15, 0.2) is 0 Å². The Balaban J connectivity index is 2.75. The second-order valence-electron chi connectivity index (χ2n) is 4.10. The van der Waals surface area contributed by atoms with Crippen molar-refractivity contribution in [2.45, 2.75) is 32.2 Å². The lowest BCUT2D eigenvalue weighted by Crippen LogP contribution is -2.20. The van der Waals surface area contributed by atoms with E-state index in [0.717, 1.165) is 5.56 Å². The van der Waals surface area contributed by atoms with Crippen molar-refractivity contribution in [1.82, 2.24) is 0 Å². The Morgan fingerprint density at radius 1 is 1.20 bits per heavy atom. The van der Waals surface area contributed by atoms with Crippen molar-refractivity contribution >= 4 is 5.91 Å². The average Bonchev–Trinajstić information content (AvgIpc) is 2.17. The van der Waals surface area contributed by atoms with E-state index >= 15 is 0 Å². The molecule has 3 heteroatoms. The average molecular weight is 206 g/mol. The molecule has 0 fully saturated rings. The highest BCUT2D eigenvalue weighted by Crippen LogP contribution is 2.18. The molecule has 0 spiro atoms. The number of hydrogen-bond donors (Lipinski definition) is 2. The first-order valence-corrected chi connectivity index (χ1v) is 5.14. The van der Waals surface area contributed by atoms with Crippen molar-refractivity contribution in [3.63, 3.8) is 0 Å². The van der Waals surface area contributed by atoms with E-state index in [1.165, 1.54) is 5.56 Å². The Kier molecular flexibility index (Phi) is 3.86. The lowest BCUT2D eigenvalue weighted by atomic mass is 9.98. The largest absolute Gasteiger partial charge is 0.370 e. The third-order valence-corrected chi connectivity index (χ3v) is 2.45. The zero-order valence-corrected chi connectivity index (χ0v) is 9.23. The summed E-state index contributed by atoms with van der Waals surface area (Å²) >= 11 is 0. The van der Waals surface area contributed by atoms with E-state index in [-0.39, 0.29) is 18.4 Å². The summed E-state index contributed by atoms with van der Waals surface area (Å²) in [6, 6.07) is 7.72. The summed E-state index contributed by atoms with van der Waals surface area (Å²) in [7, 11) is 0. The van der Waals surface area contributed by atoms with E-state index < -0.39 is 0 Å². The SMILES string of the molecule is CC(C)c1ccc(C(N)CC(N)=O)cc1. The highest BCUT2D eigenvalue weighted by Gasteiger charge is 2.09. The first-order chi connectivity index (χ1) is 7.00. The fraction of sp³-hybridized carbons (Fsp3) is 0.417. The van der Waals surface area contributed by atoms with Crippen molar-refractivity contribution in [1.29, 1.82) is 0 Å². The number of amides is 1. The van der Waals surface area contributed by atoms with Crippen LogP contribution in [0.15, 0.2) is 24.3 Å². The van der Waals surface area contributed by atoms with Gasteiger partial charge < -0.3 is 11.5 Å². The molecule has 1 atom stereocenters. The molecule has 0 saturated carbocycles. The molecule has 3 nitrogen and oxygen atoms in total. The van der Waals surface area contributed by atoms with Gasteiger partial charge in [-0.25, -0.2) is 0 Å². The molecule has 0 bridgehead atoms. The Hall–Kier alpha value is -1.35. The fourth-order valence-corrected chi connectivity index (χ4v) is 1.46. The third-order valence-electron chi connectivity index (χ3n) is 2.45. The summed E-state index contributed by atoms with van der Waals surface area (Å²) in [5, 5.41) is 0. The molecule has 82 valence electrons. The number of benzene rings is 1. The van der Waals surface area contributed by atoms with Gasteiger partial charge in [-0.1, -0.05) is 38.1 Å². The molecule has 0 saturated heterocycles. The van der Waals surface area contributed by atoms with Crippen LogP contribution in [0.1, 0.15) is 43.4 Å². The second kappa shape index (κ2) is 4.94. The van der Waals surface area contributed by atoms with Gasteiger partial charge in [0.2, 0.25) is 5.91 Å². The lowest BCUT2D eigenvalue weighted by molar-refractivity contribution is -0.118. The molecule has 0 aromatic heterocycles. The summed E-state index contributed by atoms with van der Waals surface area (Å²) < 4.78 is 0. The number of primary amides is 1. The van der Waals surface area contributed by atoms with Crippen LogP contribution >= 0.6 is 0 Å². The van der Waals surface area contributed by atoms with Gasteiger partial charge in [-0.05, 0) is 17.0 Å². The minimum Gasteiger partial charge on any atom is -0.370 e. The van der Waals surface area contributed by atoms with Crippen LogP contribution in [0.25, 0.3) is 0 Å². The number of nitrogens with two attached hydrogens (primary N) is 2. The molecule has 0 aliphatic carbocycles. The van der Waals surface area contributed by atoms with Crippen molar-refractivity contribution in [2.24, 2.45) is 11.5 Å². The van der Waals surface area contributed by atoms with Gasteiger partial charge in [0.05, 0.1) is 0 Å². The maximum absolute atomic E-state index is 10.7. The highest BCUT2D eigenvalue weighted by molar-refractivity contribution is 5.74. The first kappa shape index (κ1) is 11.7. The molecule has 15 heavy (non-hydrogen) atoms. The van der Waals surface area contributed by atoms with Gasteiger partial charge in [0, 0.05) is 12.5 Å². The number of carbonyl (C=O) groups is 1. The van der Waals surface area contributed by atoms with Crippen LogP contribution in [0.5, 0.6) is 0 Å². The smallest absolute Gasteiger partial charge is 0.219 e. The number of hydrogen-bond acceptors (Lipinski definition) is 2. The molecule has 1 aromatic rings. The first-order valence-electron chi connectivity index (χ1n) is 5.14. The fourth-order valence-electron chi connectivity index (χ4n) is 1.46. The van der Waals surface area contributed by atoms with Gasteiger partial charge >= 0.3 is 0 Å². The molecule has 0 radical (unpaired) electrons. The summed E-state index contributed by atoms with van der Waals surface area (Å²) in [6.45, 7) is 4.27. The predicted molar refractivity (Wildman–Crippen MR) is 61.3 cm³/mol. The molecular weight excluding hydrogens is 188 g/mol. The summed E-state index contributed by atoms with van der Waals surface area (Å²) in [6.07, 6.45) is 0.195. The van der Waals surface area contributed by atoms with Gasteiger partial charge in [0.25, 0.3) is 0 Å². The van der Waals surface area contributed by atoms with Crippen LogP contribution in [0.2, 0.25) is 0 Å². The summed E-state index contributed by atoms with van der Waals surface area (Å²) in [5.74, 6) is 0.141. The summed E-state index contributed by atoms with van der Waals surface area (Å²) in [4.78, 5) is 10.7. The zero-order valence-electron chi connectivity index (χ0n) is 9.23. The van der Waals surface area contributed by atoms with E-state index in [0.29, 0.717) is 5.92 Å². The molecule has 0 heterocycles. The third kappa shape index (κ3) is 3.36. The van der Waals surface area contributed by atoms with Crippen LogP contribution < -0.4 is 11.5 Å². The van der Waals surface area contributed by atoms with Crippen molar-refractivity contribution < 1.29 is 4.79 Å². The maximum atomic E-state index is 10.7. The van der Waals surface area contributed by atoms with Crippen molar-refractivity contribution in [3.8, 4) is 0 Å². The molecule has 0 aliphatic heterocycles. The van der Waals surface area contributed by atoms with Crippen LogP contribution in [0.3, 0.4) is 0 Å². The van der Waals surface area contributed by atoms with Gasteiger partial charge in [0.1, 0.15) is 0 Å². The maximum Gasteiger partial charge on any atom is 0.219 e. The molecule has 4 N–H and O–H groups in total. The molecule has 1 unspecified atom stereocenters. The van der Waals surface area contributed by atoms with Crippen molar-refractivity contribution in [3.05, 3.63) is 35.4 Å². The van der Waals surface area contributed by atoms with E-state index in [4.69, 9.17) is 11.5 Å². The molecule has 1 aromatic carbocycles. The van der Waals surface area contributed by atoms with Gasteiger partial charge in [-0.2, -0.15) is 0 Å². The molecular formula is C12H18N2O. The zero-order chi connectivity index (χ0) is 11.4. The molecule has 0 aliphatic rings. The van der Waals surface area contributed by atoms with E-state index in [1.54, 1.807) is 0 Å². The Morgan fingerprint density at radius 3 is 2.07 bits per heavy atom. The van der Waals surface area contributed by atoms with E-state index in [1.807, 2.05) is 24.3 Å². The van der Waals surface area contributed by atoms with E-state index in [9.17, 15) is 4.79 Å². The Labute approximate surface area is 90.5 Å². The van der Waals surface area contributed by atoms with E-state index in [2.05, 4.69) is 13.8 Å². The van der Waals surface area contributed by atoms with Crippen LogP contribution in [-0.4, -0.2) is 5.91 Å². The molecule has 1 rings (SSSR count). The standard InChI is InChI=1S/C12H18N2O/c1-8(2)9-3-5-10(6-4-9)11(13)7-12(14)15/h3-6,8,11H,7,13H2,1-2H3,(H2,14,15). The van der Waals surface area contributed by atoms with Gasteiger partial charge in [-0.3, -0.25) is 4.79 Å². The van der Waals surface area contributed by atoms with Crippen molar-refractivity contribution in [2.75, 3.05) is 0 Å². The number of rotatable bonds is 4. The highest BCUT2D eigenvalue weighted by atomic mass is 16.1. The summed E-state index contributed by atoms with van der Waals surface area (Å²) in [5.41, 5.74) is 13.1. The quantitative estimate of drug-likeness (QED) is 0.787. The Bertz CT molecular complexity index is 330. The monoisotopic (exact) mass is 206 g/mol. The van der Waals surface area contributed by atoms with Crippen LogP contribution in [-0.2, 0) is 4.79 Å². The van der Waals surface area contributed by atoms with Crippen LogP contribution in [0, 0.1) is 0 Å².